The number of fused-ring (bicyclic) bond motifs is 1. The molecule has 1 aromatic carbocycles. The van der Waals surface area contributed by atoms with Crippen LogP contribution in [0.15, 0.2) is 60.9 Å². The number of pyridine rings is 2. The van der Waals surface area contributed by atoms with Crippen molar-refractivity contribution >= 4 is 17.0 Å². The van der Waals surface area contributed by atoms with E-state index in [1.54, 1.807) is 12.4 Å². The summed E-state index contributed by atoms with van der Waals surface area (Å²) in [4.78, 5) is 28.3. The number of rotatable bonds is 5. The molecule has 7 heteroatoms. The standard InChI is InChI=1S/C25H24N4O3/c1-25(24(30)31)12-10-18(11-13-25)32-22-9-7-16(14-27-22)19-8-6-17(15-26-19)23-28-20-4-2-3-5-21(20)29-23/h2-9,14-15,18H,10-13H2,1H3,(H,28,29)(H,30,31)/t18-,25-. The fourth-order valence-corrected chi connectivity index (χ4v) is 4.13. The molecule has 0 spiro atoms. The number of para-hydroxylation sites is 2. The zero-order valence-corrected chi connectivity index (χ0v) is 17.8. The molecule has 1 saturated carbocycles. The van der Waals surface area contributed by atoms with E-state index < -0.39 is 11.4 Å². The van der Waals surface area contributed by atoms with Gasteiger partial charge in [-0.1, -0.05) is 12.1 Å². The minimum absolute atomic E-state index is 0.00185. The zero-order chi connectivity index (χ0) is 22.1. The molecule has 0 bridgehead atoms. The molecular formula is C25H24N4O3. The molecule has 7 nitrogen and oxygen atoms in total. The van der Waals surface area contributed by atoms with Crippen LogP contribution in [0.3, 0.4) is 0 Å². The summed E-state index contributed by atoms with van der Waals surface area (Å²) in [5.41, 5.74) is 3.92. The number of nitrogens with zero attached hydrogens (tertiary/aromatic N) is 3. The van der Waals surface area contributed by atoms with Crippen LogP contribution in [0.4, 0.5) is 0 Å². The minimum Gasteiger partial charge on any atom is -0.481 e. The van der Waals surface area contributed by atoms with Gasteiger partial charge in [-0.2, -0.15) is 0 Å². The predicted octanol–water partition coefficient (Wildman–Crippen LogP) is 5.10. The molecule has 1 aliphatic carbocycles. The lowest BCUT2D eigenvalue weighted by atomic mass is 9.75. The molecule has 0 radical (unpaired) electrons. The highest BCUT2D eigenvalue weighted by Crippen LogP contribution is 2.37. The van der Waals surface area contributed by atoms with E-state index in [0.717, 1.165) is 46.5 Å². The van der Waals surface area contributed by atoms with Crippen molar-refractivity contribution in [1.29, 1.82) is 0 Å². The number of aliphatic carboxylic acids is 1. The third-order valence-corrected chi connectivity index (χ3v) is 6.30. The number of carboxylic acid groups (broad SMARTS) is 1. The van der Waals surface area contributed by atoms with Gasteiger partial charge in [0.15, 0.2) is 0 Å². The molecule has 0 saturated heterocycles. The molecule has 1 fully saturated rings. The van der Waals surface area contributed by atoms with E-state index in [1.165, 1.54) is 0 Å². The van der Waals surface area contributed by atoms with Crippen LogP contribution in [0.1, 0.15) is 32.6 Å². The molecule has 32 heavy (non-hydrogen) atoms. The Kier molecular flexibility index (Phi) is 5.09. The van der Waals surface area contributed by atoms with Crippen molar-refractivity contribution in [3.63, 3.8) is 0 Å². The third-order valence-electron chi connectivity index (χ3n) is 6.30. The fraction of sp³-hybridized carbons (Fsp3) is 0.280. The Morgan fingerprint density at radius 1 is 1.03 bits per heavy atom. The number of hydrogen-bond donors (Lipinski definition) is 2. The average molecular weight is 428 g/mol. The zero-order valence-electron chi connectivity index (χ0n) is 17.8. The van der Waals surface area contributed by atoms with Gasteiger partial charge in [-0.3, -0.25) is 9.78 Å². The summed E-state index contributed by atoms with van der Waals surface area (Å²) in [6.07, 6.45) is 6.23. The summed E-state index contributed by atoms with van der Waals surface area (Å²) in [6.45, 7) is 1.81. The molecule has 4 aromatic rings. The van der Waals surface area contributed by atoms with Crippen LogP contribution in [-0.4, -0.2) is 37.1 Å². The highest BCUT2D eigenvalue weighted by molar-refractivity contribution is 5.79. The Hall–Kier alpha value is -3.74. The van der Waals surface area contributed by atoms with Gasteiger partial charge in [-0.05, 0) is 62.9 Å². The summed E-state index contributed by atoms with van der Waals surface area (Å²) in [6, 6.07) is 15.7. The van der Waals surface area contributed by atoms with Gasteiger partial charge in [0, 0.05) is 29.6 Å². The smallest absolute Gasteiger partial charge is 0.309 e. The first kappa shape index (κ1) is 20.2. The van der Waals surface area contributed by atoms with Crippen molar-refractivity contribution < 1.29 is 14.6 Å². The van der Waals surface area contributed by atoms with Gasteiger partial charge in [-0.15, -0.1) is 0 Å². The third kappa shape index (κ3) is 3.93. The molecule has 162 valence electrons. The number of hydrogen-bond acceptors (Lipinski definition) is 5. The van der Waals surface area contributed by atoms with Gasteiger partial charge in [0.2, 0.25) is 5.88 Å². The van der Waals surface area contributed by atoms with Crippen molar-refractivity contribution in [3.05, 3.63) is 60.9 Å². The summed E-state index contributed by atoms with van der Waals surface area (Å²) in [5, 5.41) is 9.36. The van der Waals surface area contributed by atoms with Gasteiger partial charge in [0.1, 0.15) is 11.9 Å². The molecule has 0 unspecified atom stereocenters. The van der Waals surface area contributed by atoms with Crippen LogP contribution in [0.2, 0.25) is 0 Å². The Morgan fingerprint density at radius 2 is 1.78 bits per heavy atom. The first-order valence-electron chi connectivity index (χ1n) is 10.8. The van der Waals surface area contributed by atoms with Gasteiger partial charge >= 0.3 is 5.97 Å². The number of aromatic amines is 1. The second-order valence-electron chi connectivity index (χ2n) is 8.60. The maximum absolute atomic E-state index is 11.4. The van der Waals surface area contributed by atoms with Crippen molar-refractivity contribution in [2.75, 3.05) is 0 Å². The maximum atomic E-state index is 11.4. The lowest BCUT2D eigenvalue weighted by Gasteiger charge is -2.33. The monoisotopic (exact) mass is 428 g/mol. The largest absolute Gasteiger partial charge is 0.481 e. The van der Waals surface area contributed by atoms with Crippen LogP contribution < -0.4 is 4.74 Å². The lowest BCUT2D eigenvalue weighted by Crippen LogP contribution is -2.36. The minimum atomic E-state index is -0.725. The lowest BCUT2D eigenvalue weighted by molar-refractivity contribution is -0.150. The molecule has 1 aliphatic rings. The summed E-state index contributed by atoms with van der Waals surface area (Å²) in [7, 11) is 0. The van der Waals surface area contributed by atoms with E-state index in [9.17, 15) is 9.90 Å². The highest BCUT2D eigenvalue weighted by atomic mass is 16.5. The highest BCUT2D eigenvalue weighted by Gasteiger charge is 2.38. The van der Waals surface area contributed by atoms with Crippen LogP contribution in [-0.2, 0) is 4.79 Å². The molecule has 3 heterocycles. The molecule has 3 aromatic heterocycles. The number of benzene rings is 1. The van der Waals surface area contributed by atoms with Gasteiger partial charge < -0.3 is 14.8 Å². The number of imidazole rings is 1. The predicted molar refractivity (Wildman–Crippen MR) is 121 cm³/mol. The number of ether oxygens (including phenoxy) is 1. The number of nitrogens with one attached hydrogen (secondary N) is 1. The number of aromatic nitrogens is 4. The van der Waals surface area contributed by atoms with E-state index in [2.05, 4.69) is 19.9 Å². The van der Waals surface area contributed by atoms with Crippen molar-refractivity contribution in [2.24, 2.45) is 5.41 Å². The van der Waals surface area contributed by atoms with E-state index in [1.807, 2.05) is 55.5 Å². The molecule has 0 aliphatic heterocycles. The number of carbonyl (C=O) groups is 1. The van der Waals surface area contributed by atoms with Crippen LogP contribution >= 0.6 is 0 Å². The summed E-state index contributed by atoms with van der Waals surface area (Å²) in [5.74, 6) is 0.618. The van der Waals surface area contributed by atoms with Gasteiger partial charge in [-0.25, -0.2) is 9.97 Å². The SMILES string of the molecule is C[C@]1(C(=O)O)CC[C@H](Oc2ccc(-c3ccc(-c4nc5ccccc5[nH]4)cn3)cn2)CC1. The number of H-pyrrole nitrogens is 1. The first-order valence-corrected chi connectivity index (χ1v) is 10.8. The first-order chi connectivity index (χ1) is 15.5. The molecule has 2 N–H and O–H groups in total. The second-order valence-corrected chi connectivity index (χ2v) is 8.60. The van der Waals surface area contributed by atoms with E-state index in [-0.39, 0.29) is 6.10 Å². The Balaban J connectivity index is 1.25. The van der Waals surface area contributed by atoms with Crippen LogP contribution in [0.25, 0.3) is 33.7 Å². The quantitative estimate of drug-likeness (QED) is 0.459. The Labute approximate surface area is 185 Å². The second kappa shape index (κ2) is 8.07. The van der Waals surface area contributed by atoms with Crippen molar-refractivity contribution in [2.45, 2.75) is 38.7 Å². The van der Waals surface area contributed by atoms with E-state index >= 15 is 0 Å². The van der Waals surface area contributed by atoms with Gasteiger partial charge in [0.05, 0.1) is 22.1 Å². The van der Waals surface area contributed by atoms with E-state index in [0.29, 0.717) is 18.7 Å². The molecular weight excluding hydrogens is 404 g/mol. The van der Waals surface area contributed by atoms with Crippen molar-refractivity contribution in [3.8, 4) is 28.5 Å². The van der Waals surface area contributed by atoms with Crippen molar-refractivity contribution in [1.82, 2.24) is 19.9 Å². The van der Waals surface area contributed by atoms with Crippen LogP contribution in [0, 0.1) is 5.41 Å². The van der Waals surface area contributed by atoms with Crippen LogP contribution in [0.5, 0.6) is 5.88 Å². The maximum Gasteiger partial charge on any atom is 0.309 e. The molecule has 0 atom stereocenters. The number of carboxylic acids is 1. The Bertz CT molecular complexity index is 1210. The summed E-state index contributed by atoms with van der Waals surface area (Å²) >= 11 is 0. The average Bonchev–Trinajstić information content (AvgIpc) is 3.26. The normalized spacial score (nSPS) is 20.8. The van der Waals surface area contributed by atoms with Gasteiger partial charge in [0.25, 0.3) is 0 Å². The van der Waals surface area contributed by atoms with E-state index in [4.69, 9.17) is 4.74 Å². The summed E-state index contributed by atoms with van der Waals surface area (Å²) < 4.78 is 5.99. The molecule has 5 rings (SSSR count). The topological polar surface area (TPSA) is 101 Å². The molecule has 0 amide bonds. The fourth-order valence-electron chi connectivity index (χ4n) is 4.13. The Morgan fingerprint density at radius 3 is 2.44 bits per heavy atom.